The molecular formula is C23H18ClNO4. The molecule has 6 heteroatoms. The fourth-order valence-corrected chi connectivity index (χ4v) is 4.84. The van der Waals surface area contributed by atoms with E-state index < -0.39 is 0 Å². The molecule has 1 saturated heterocycles. The van der Waals surface area contributed by atoms with Gasteiger partial charge in [0.2, 0.25) is 11.8 Å². The molecule has 0 spiro atoms. The summed E-state index contributed by atoms with van der Waals surface area (Å²) in [5.41, 5.74) is 1.07. The molecule has 2 amide bonds. The Hall–Kier alpha value is -2.92. The number of fused-ring (bicyclic) bond motifs is 5. The first-order valence-electron chi connectivity index (χ1n) is 9.61. The Bertz CT molecular complexity index is 998. The summed E-state index contributed by atoms with van der Waals surface area (Å²) < 4.78 is 5.56. The lowest BCUT2D eigenvalue weighted by Crippen LogP contribution is -2.32. The number of ether oxygens (including phenoxy) is 1. The van der Waals surface area contributed by atoms with Crippen molar-refractivity contribution in [1.29, 1.82) is 0 Å². The van der Waals surface area contributed by atoms with Gasteiger partial charge in [-0.25, -0.2) is 0 Å². The Morgan fingerprint density at radius 2 is 1.52 bits per heavy atom. The summed E-state index contributed by atoms with van der Waals surface area (Å²) in [5, 5.41) is 0.567. The number of allylic oxidation sites excluding steroid dienone is 2. The van der Waals surface area contributed by atoms with Crippen molar-refractivity contribution in [2.75, 3.05) is 11.5 Å². The average molecular weight is 408 g/mol. The molecule has 0 radical (unpaired) electrons. The van der Waals surface area contributed by atoms with E-state index in [1.54, 1.807) is 48.5 Å². The van der Waals surface area contributed by atoms with Gasteiger partial charge in [0.15, 0.2) is 12.4 Å². The molecule has 5 nitrogen and oxygen atoms in total. The lowest BCUT2D eigenvalue weighted by molar-refractivity contribution is -0.123. The number of anilines is 1. The minimum absolute atomic E-state index is 0.108. The smallest absolute Gasteiger partial charge is 0.238 e. The van der Waals surface area contributed by atoms with Crippen molar-refractivity contribution in [3.05, 3.63) is 71.3 Å². The molecular weight excluding hydrogens is 390 g/mol. The highest BCUT2D eigenvalue weighted by atomic mass is 35.5. The van der Waals surface area contributed by atoms with Crippen molar-refractivity contribution < 1.29 is 19.1 Å². The van der Waals surface area contributed by atoms with E-state index in [9.17, 15) is 14.4 Å². The molecule has 2 bridgehead atoms. The summed E-state index contributed by atoms with van der Waals surface area (Å²) in [7, 11) is 0. The molecule has 2 fully saturated rings. The highest BCUT2D eigenvalue weighted by molar-refractivity contribution is 6.30. The van der Waals surface area contributed by atoms with Crippen LogP contribution in [0.5, 0.6) is 5.75 Å². The van der Waals surface area contributed by atoms with Gasteiger partial charge in [-0.1, -0.05) is 23.8 Å². The number of amides is 2. The Morgan fingerprint density at radius 1 is 0.931 bits per heavy atom. The van der Waals surface area contributed by atoms with E-state index in [4.69, 9.17) is 16.3 Å². The maximum Gasteiger partial charge on any atom is 0.238 e. The van der Waals surface area contributed by atoms with E-state index in [-0.39, 0.29) is 47.9 Å². The lowest BCUT2D eigenvalue weighted by atomic mass is 9.85. The Balaban J connectivity index is 1.26. The molecule has 1 aliphatic heterocycles. The Morgan fingerprint density at radius 3 is 2.10 bits per heavy atom. The normalized spacial score (nSPS) is 26.9. The summed E-state index contributed by atoms with van der Waals surface area (Å²) in [6.45, 7) is -0.109. The number of imide groups is 1. The molecule has 0 N–H and O–H groups in total. The van der Waals surface area contributed by atoms with E-state index in [2.05, 4.69) is 12.2 Å². The van der Waals surface area contributed by atoms with E-state index in [1.165, 1.54) is 4.90 Å². The number of nitrogens with zero attached hydrogens (tertiary/aromatic N) is 1. The van der Waals surface area contributed by atoms with Crippen molar-refractivity contribution in [2.45, 2.75) is 6.42 Å². The SMILES string of the molecule is O=C(COc1ccc(N2C(=O)[C@@H]3[C@@H](C2=O)[C@H]2C=C[C@H]3C2)cc1)c1ccc(Cl)cc1. The zero-order valence-corrected chi connectivity index (χ0v) is 16.2. The van der Waals surface area contributed by atoms with E-state index >= 15 is 0 Å². The second kappa shape index (κ2) is 6.85. The molecule has 5 rings (SSSR count). The molecule has 0 aromatic heterocycles. The summed E-state index contributed by atoms with van der Waals surface area (Å²) in [6, 6.07) is 13.3. The zero-order valence-electron chi connectivity index (χ0n) is 15.5. The van der Waals surface area contributed by atoms with Crippen LogP contribution in [-0.2, 0) is 9.59 Å². The van der Waals surface area contributed by atoms with Gasteiger partial charge < -0.3 is 4.74 Å². The van der Waals surface area contributed by atoms with Gasteiger partial charge in [0.1, 0.15) is 5.75 Å². The first kappa shape index (κ1) is 18.1. The molecule has 29 heavy (non-hydrogen) atoms. The fraction of sp³-hybridized carbons (Fsp3) is 0.261. The van der Waals surface area contributed by atoms with E-state index in [1.807, 2.05) is 0 Å². The van der Waals surface area contributed by atoms with Crippen LogP contribution >= 0.6 is 11.6 Å². The maximum absolute atomic E-state index is 12.9. The molecule has 4 atom stereocenters. The predicted molar refractivity (Wildman–Crippen MR) is 108 cm³/mol. The number of carbonyl (C=O) groups is 3. The van der Waals surface area contributed by atoms with Crippen LogP contribution in [0.2, 0.25) is 5.02 Å². The van der Waals surface area contributed by atoms with Crippen LogP contribution < -0.4 is 9.64 Å². The zero-order chi connectivity index (χ0) is 20.1. The third-order valence-electron chi connectivity index (χ3n) is 6.10. The number of benzene rings is 2. The van der Waals surface area contributed by atoms with Crippen LogP contribution in [0.15, 0.2) is 60.7 Å². The topological polar surface area (TPSA) is 63.7 Å². The van der Waals surface area contributed by atoms with Crippen molar-refractivity contribution >= 4 is 34.9 Å². The molecule has 1 heterocycles. The van der Waals surface area contributed by atoms with Crippen LogP contribution in [-0.4, -0.2) is 24.2 Å². The van der Waals surface area contributed by atoms with Crippen molar-refractivity contribution in [1.82, 2.24) is 0 Å². The van der Waals surface area contributed by atoms with E-state index in [0.717, 1.165) is 6.42 Å². The van der Waals surface area contributed by atoms with Gasteiger partial charge in [-0.2, -0.15) is 0 Å². The van der Waals surface area contributed by atoms with Gasteiger partial charge in [0.25, 0.3) is 0 Å². The summed E-state index contributed by atoms with van der Waals surface area (Å²) in [5.74, 6) is 0.0621. The highest BCUT2D eigenvalue weighted by Crippen LogP contribution is 2.53. The van der Waals surface area contributed by atoms with Crippen LogP contribution in [0.3, 0.4) is 0 Å². The number of hydrogen-bond donors (Lipinski definition) is 0. The molecule has 1 saturated carbocycles. The summed E-state index contributed by atoms with van der Waals surface area (Å²) >= 11 is 5.83. The minimum atomic E-state index is -0.217. The van der Waals surface area contributed by atoms with E-state index in [0.29, 0.717) is 22.0 Å². The first-order chi connectivity index (χ1) is 14.0. The van der Waals surface area contributed by atoms with Gasteiger partial charge in [-0.3, -0.25) is 19.3 Å². The third-order valence-corrected chi connectivity index (χ3v) is 6.35. The Kier molecular flexibility index (Phi) is 4.28. The predicted octanol–water partition coefficient (Wildman–Crippen LogP) is 3.91. The number of hydrogen-bond acceptors (Lipinski definition) is 4. The van der Waals surface area contributed by atoms with Gasteiger partial charge in [0, 0.05) is 10.6 Å². The third kappa shape index (κ3) is 2.97. The van der Waals surface area contributed by atoms with Crippen LogP contribution in [0.25, 0.3) is 0 Å². The number of carbonyl (C=O) groups excluding carboxylic acids is 3. The molecule has 2 aromatic carbocycles. The quantitative estimate of drug-likeness (QED) is 0.428. The molecule has 2 aliphatic carbocycles. The van der Waals surface area contributed by atoms with Gasteiger partial charge in [-0.05, 0) is 66.8 Å². The molecule has 3 aliphatic rings. The number of halogens is 1. The maximum atomic E-state index is 12.9. The van der Waals surface area contributed by atoms with Crippen LogP contribution in [0.1, 0.15) is 16.8 Å². The average Bonchev–Trinajstić information content (AvgIpc) is 3.41. The summed E-state index contributed by atoms with van der Waals surface area (Å²) in [4.78, 5) is 39.2. The van der Waals surface area contributed by atoms with Gasteiger partial charge >= 0.3 is 0 Å². The number of Topliss-reactive ketones (excluding diaryl/α,β-unsaturated/α-hetero) is 1. The van der Waals surface area contributed by atoms with Crippen LogP contribution in [0.4, 0.5) is 5.69 Å². The highest BCUT2D eigenvalue weighted by Gasteiger charge is 2.59. The van der Waals surface area contributed by atoms with Crippen molar-refractivity contribution in [3.8, 4) is 5.75 Å². The van der Waals surface area contributed by atoms with Crippen molar-refractivity contribution in [2.24, 2.45) is 23.7 Å². The second-order valence-corrected chi connectivity index (χ2v) is 8.16. The number of ketones is 1. The lowest BCUT2D eigenvalue weighted by Gasteiger charge is -2.17. The van der Waals surface area contributed by atoms with Crippen LogP contribution in [0, 0.1) is 23.7 Å². The monoisotopic (exact) mass is 407 g/mol. The van der Waals surface area contributed by atoms with Gasteiger partial charge in [0.05, 0.1) is 17.5 Å². The molecule has 146 valence electrons. The fourth-order valence-electron chi connectivity index (χ4n) is 4.72. The first-order valence-corrected chi connectivity index (χ1v) is 9.98. The Labute approximate surface area is 172 Å². The molecule has 0 unspecified atom stereocenters. The summed E-state index contributed by atoms with van der Waals surface area (Å²) in [6.07, 6.45) is 5.07. The van der Waals surface area contributed by atoms with Gasteiger partial charge in [-0.15, -0.1) is 0 Å². The standard InChI is InChI=1S/C23H18ClNO4/c24-16-5-3-13(4-6-16)19(26)12-29-18-9-7-17(8-10-18)25-22(27)20-14-1-2-15(11-14)21(20)23(25)28/h1-10,14-15,20-21H,11-12H2/t14-,15-,20-,21-/m0/s1. The molecule has 2 aromatic rings. The minimum Gasteiger partial charge on any atom is -0.485 e. The van der Waals surface area contributed by atoms with Crippen molar-refractivity contribution in [3.63, 3.8) is 0 Å². The number of rotatable bonds is 5. The largest absolute Gasteiger partial charge is 0.485 e. The second-order valence-electron chi connectivity index (χ2n) is 7.72.